The second kappa shape index (κ2) is 8.28. The first kappa shape index (κ1) is 22.9. The summed E-state index contributed by atoms with van der Waals surface area (Å²) in [5, 5.41) is 32.2. The van der Waals surface area contributed by atoms with Crippen molar-refractivity contribution in [2.45, 2.75) is 51.2 Å². The van der Waals surface area contributed by atoms with Gasteiger partial charge in [-0.1, -0.05) is 20.8 Å². The number of hydrogen-bond acceptors (Lipinski definition) is 9. The summed E-state index contributed by atoms with van der Waals surface area (Å²) in [4.78, 5) is 13.2. The van der Waals surface area contributed by atoms with Crippen molar-refractivity contribution in [3.05, 3.63) is 48.3 Å². The van der Waals surface area contributed by atoms with Crippen LogP contribution in [-0.2, 0) is 12.5 Å². The molecule has 0 amide bonds. The fourth-order valence-corrected chi connectivity index (χ4v) is 4.63. The fraction of sp³-hybridized carbons (Fsp3) is 0.360. The number of imidazole rings is 1. The predicted molar refractivity (Wildman–Crippen MR) is 135 cm³/mol. The number of nitriles is 1. The fourth-order valence-electron chi connectivity index (χ4n) is 4.63. The number of hydrogen-bond donors (Lipinski definition) is 2. The minimum atomic E-state index is -0.276. The van der Waals surface area contributed by atoms with Crippen LogP contribution in [0.5, 0.6) is 11.5 Å². The van der Waals surface area contributed by atoms with E-state index >= 15 is 0 Å². The minimum Gasteiger partial charge on any atom is -0.450 e. The Labute approximate surface area is 212 Å². The van der Waals surface area contributed by atoms with Crippen LogP contribution in [0.25, 0.3) is 16.7 Å². The Morgan fingerprint density at radius 1 is 1.19 bits per heavy atom. The summed E-state index contributed by atoms with van der Waals surface area (Å²) >= 11 is 0. The number of anilines is 2. The van der Waals surface area contributed by atoms with Gasteiger partial charge < -0.3 is 19.7 Å². The topological polar surface area (TPSA) is 144 Å². The standard InChI is InChI=1S/C25H26N10O2/c1-25(2,3)20-9-21(32-35(20)14-7-15(36)8-14)30-24-31-23-22(33(24)4)16(10-26)18(12-28-23)37-19-13-29-34-6-5-27-11-17(19)34/h5-6,9,11-15,36H,7-8H2,1-4H3,(H,28,30,31,32)/t14-,15-. The highest BCUT2D eigenvalue weighted by molar-refractivity contribution is 5.84. The second-order valence-electron chi connectivity index (χ2n) is 10.3. The Morgan fingerprint density at radius 2 is 2.00 bits per heavy atom. The molecule has 5 aromatic heterocycles. The van der Waals surface area contributed by atoms with E-state index in [0.717, 1.165) is 5.69 Å². The number of nitrogens with one attached hydrogen (secondary N) is 1. The third-order valence-corrected chi connectivity index (χ3v) is 6.66. The Morgan fingerprint density at radius 3 is 2.73 bits per heavy atom. The monoisotopic (exact) mass is 498 g/mol. The smallest absolute Gasteiger partial charge is 0.210 e. The number of aryl methyl sites for hydroxylation is 1. The van der Waals surface area contributed by atoms with Crippen molar-refractivity contribution in [3.8, 4) is 17.6 Å². The summed E-state index contributed by atoms with van der Waals surface area (Å²) < 4.78 is 11.5. The lowest BCUT2D eigenvalue weighted by Gasteiger charge is -2.34. The Balaban J connectivity index is 1.36. The molecule has 1 aliphatic rings. The van der Waals surface area contributed by atoms with E-state index in [1.165, 1.54) is 6.20 Å². The van der Waals surface area contributed by atoms with E-state index in [1.807, 2.05) is 17.8 Å². The molecule has 0 atom stereocenters. The number of fused-ring (bicyclic) bond motifs is 2. The van der Waals surface area contributed by atoms with Gasteiger partial charge in [0.2, 0.25) is 5.95 Å². The first-order valence-corrected chi connectivity index (χ1v) is 12.0. The van der Waals surface area contributed by atoms with Gasteiger partial charge in [0.1, 0.15) is 22.7 Å². The molecular formula is C25H26N10O2. The highest BCUT2D eigenvalue weighted by atomic mass is 16.5. The number of ether oxygens (including phenoxy) is 1. The summed E-state index contributed by atoms with van der Waals surface area (Å²) in [7, 11) is 1.81. The lowest BCUT2D eigenvalue weighted by Crippen LogP contribution is -2.34. The summed E-state index contributed by atoms with van der Waals surface area (Å²) in [5.41, 5.74) is 2.86. The van der Waals surface area contributed by atoms with Crippen LogP contribution in [0.1, 0.15) is 50.9 Å². The van der Waals surface area contributed by atoms with E-state index in [1.54, 1.807) is 33.9 Å². The van der Waals surface area contributed by atoms with Gasteiger partial charge in [0.15, 0.2) is 23.0 Å². The summed E-state index contributed by atoms with van der Waals surface area (Å²) in [6.45, 7) is 6.41. The van der Waals surface area contributed by atoms with Crippen LogP contribution >= 0.6 is 0 Å². The van der Waals surface area contributed by atoms with E-state index in [-0.39, 0.29) is 17.6 Å². The third-order valence-electron chi connectivity index (χ3n) is 6.66. The van der Waals surface area contributed by atoms with Gasteiger partial charge in [-0.05, 0) is 12.8 Å². The van der Waals surface area contributed by atoms with Crippen molar-refractivity contribution >= 4 is 28.4 Å². The van der Waals surface area contributed by atoms with Crippen LogP contribution in [0.3, 0.4) is 0 Å². The van der Waals surface area contributed by atoms with Crippen LogP contribution in [0.15, 0.2) is 37.1 Å². The summed E-state index contributed by atoms with van der Waals surface area (Å²) in [5.74, 6) is 1.90. The van der Waals surface area contributed by atoms with Crippen molar-refractivity contribution in [3.63, 3.8) is 0 Å². The average molecular weight is 499 g/mol. The molecule has 188 valence electrons. The molecule has 1 saturated carbocycles. The molecule has 0 aliphatic heterocycles. The molecule has 1 aliphatic carbocycles. The van der Waals surface area contributed by atoms with Gasteiger partial charge in [-0.2, -0.15) is 20.4 Å². The van der Waals surface area contributed by atoms with Crippen LogP contribution in [0.2, 0.25) is 0 Å². The molecule has 0 bridgehead atoms. The van der Waals surface area contributed by atoms with Crippen molar-refractivity contribution in [1.82, 2.24) is 38.9 Å². The molecule has 0 radical (unpaired) electrons. The van der Waals surface area contributed by atoms with Crippen LogP contribution in [0.4, 0.5) is 11.8 Å². The zero-order chi connectivity index (χ0) is 25.9. The maximum Gasteiger partial charge on any atom is 0.210 e. The highest BCUT2D eigenvalue weighted by Crippen LogP contribution is 2.38. The summed E-state index contributed by atoms with van der Waals surface area (Å²) in [6.07, 6.45) is 9.16. The number of aliphatic hydroxyl groups is 1. The lowest BCUT2D eigenvalue weighted by molar-refractivity contribution is 0.0411. The molecule has 5 heterocycles. The molecule has 0 aromatic carbocycles. The number of pyridine rings is 1. The van der Waals surface area contributed by atoms with Crippen molar-refractivity contribution in [2.75, 3.05) is 5.32 Å². The van der Waals surface area contributed by atoms with Crippen LogP contribution in [0, 0.1) is 11.3 Å². The van der Waals surface area contributed by atoms with Crippen molar-refractivity contribution in [1.29, 1.82) is 5.26 Å². The second-order valence-corrected chi connectivity index (χ2v) is 10.3. The Bertz CT molecular complexity index is 1680. The minimum absolute atomic E-state index is 0.130. The molecule has 0 saturated heterocycles. The maximum absolute atomic E-state index is 10.0. The van der Waals surface area contributed by atoms with Gasteiger partial charge in [-0.25, -0.2) is 9.50 Å². The Kier molecular flexibility index (Phi) is 5.13. The third kappa shape index (κ3) is 3.84. The predicted octanol–water partition coefficient (Wildman–Crippen LogP) is 3.61. The average Bonchev–Trinajstić information content (AvgIpc) is 3.54. The van der Waals surface area contributed by atoms with Gasteiger partial charge >= 0.3 is 0 Å². The number of aliphatic hydroxyl groups excluding tert-OH is 1. The Hall–Kier alpha value is -4.50. The lowest BCUT2D eigenvalue weighted by atomic mass is 9.87. The molecule has 6 rings (SSSR count). The van der Waals surface area contributed by atoms with E-state index in [4.69, 9.17) is 9.84 Å². The van der Waals surface area contributed by atoms with E-state index in [2.05, 4.69) is 52.2 Å². The number of nitrogens with zero attached hydrogens (tertiary/aromatic N) is 9. The highest BCUT2D eigenvalue weighted by Gasteiger charge is 2.34. The van der Waals surface area contributed by atoms with Crippen LogP contribution in [-0.4, -0.2) is 50.1 Å². The summed E-state index contributed by atoms with van der Waals surface area (Å²) in [6, 6.07) is 4.42. The van der Waals surface area contributed by atoms with Gasteiger partial charge in [0.25, 0.3) is 0 Å². The molecule has 37 heavy (non-hydrogen) atoms. The first-order chi connectivity index (χ1) is 17.7. The SMILES string of the molecule is Cn1c(Nc2cc(C(C)(C)C)n([C@H]3C[C@H](O)C3)n2)nc2ncc(Oc3cnn4ccncc34)c(C#N)c21. The zero-order valence-corrected chi connectivity index (χ0v) is 20.9. The molecule has 0 spiro atoms. The van der Waals surface area contributed by atoms with Gasteiger partial charge in [-0.3, -0.25) is 9.67 Å². The van der Waals surface area contributed by atoms with Gasteiger partial charge in [0, 0.05) is 36.6 Å². The first-order valence-electron chi connectivity index (χ1n) is 12.0. The maximum atomic E-state index is 10.0. The molecule has 12 nitrogen and oxygen atoms in total. The largest absolute Gasteiger partial charge is 0.450 e. The molecule has 1 fully saturated rings. The normalized spacial score (nSPS) is 17.6. The van der Waals surface area contributed by atoms with Crippen molar-refractivity contribution < 1.29 is 9.84 Å². The van der Waals surface area contributed by atoms with E-state index < -0.39 is 0 Å². The quantitative estimate of drug-likeness (QED) is 0.371. The zero-order valence-electron chi connectivity index (χ0n) is 20.9. The number of aromatic nitrogens is 8. The number of rotatable bonds is 5. The van der Waals surface area contributed by atoms with Crippen LogP contribution < -0.4 is 10.1 Å². The molecular weight excluding hydrogens is 472 g/mol. The van der Waals surface area contributed by atoms with Gasteiger partial charge in [0.05, 0.1) is 30.7 Å². The molecule has 2 N–H and O–H groups in total. The van der Waals surface area contributed by atoms with Gasteiger partial charge in [-0.15, -0.1) is 0 Å². The van der Waals surface area contributed by atoms with E-state index in [9.17, 15) is 10.4 Å². The van der Waals surface area contributed by atoms with Crippen molar-refractivity contribution in [2.24, 2.45) is 7.05 Å². The molecule has 5 aromatic rings. The van der Waals surface area contributed by atoms with E-state index in [0.29, 0.717) is 58.4 Å². The molecule has 0 unspecified atom stereocenters. The molecule has 12 heteroatoms.